The standard InChI is InChI=1S/C41H42Cl2N6O2/c1-6-49(27(3)29-14-16-31(42)17-15-29)38(26(2)28-11-8-7-9-12-28)36-33-19-18-32(43)25-35(33)45-37(36)40(50)46-34-13-10-22-44-39(34)48-23-20-30(21-24-48)41(51)47(4)5/h6-19,22,25,27,30,45H,1,20-21,23-24H2,2-5H3,(H,46,50)/b38-26+. The predicted octanol–water partition coefficient (Wildman–Crippen LogP) is 9.52. The number of halogens is 2. The second kappa shape index (κ2) is 15.5. The zero-order chi connectivity index (χ0) is 36.2. The Hall–Kier alpha value is -5.05. The van der Waals surface area contributed by atoms with Crippen LogP contribution in [0.3, 0.4) is 0 Å². The zero-order valence-electron chi connectivity index (χ0n) is 29.3. The number of aromatic amines is 1. The number of fused-ring (bicyclic) bond motifs is 1. The third kappa shape index (κ3) is 7.53. The summed E-state index contributed by atoms with van der Waals surface area (Å²) < 4.78 is 0. The molecule has 1 saturated heterocycles. The van der Waals surface area contributed by atoms with Crippen LogP contribution >= 0.6 is 23.2 Å². The van der Waals surface area contributed by atoms with Crippen molar-refractivity contribution in [1.82, 2.24) is 19.8 Å². The number of pyridine rings is 1. The lowest BCUT2D eigenvalue weighted by molar-refractivity contribution is -0.133. The molecule has 1 unspecified atom stereocenters. The minimum atomic E-state index is -0.328. The number of anilines is 2. The molecule has 1 atom stereocenters. The lowest BCUT2D eigenvalue weighted by Gasteiger charge is -2.34. The number of benzene rings is 3. The molecule has 1 aliphatic heterocycles. The Morgan fingerprint density at radius 1 is 0.980 bits per heavy atom. The van der Waals surface area contributed by atoms with E-state index >= 15 is 0 Å². The van der Waals surface area contributed by atoms with Crippen molar-refractivity contribution in [3.8, 4) is 0 Å². The van der Waals surface area contributed by atoms with Gasteiger partial charge in [-0.15, -0.1) is 0 Å². The summed E-state index contributed by atoms with van der Waals surface area (Å²) in [5.74, 6) is 0.456. The molecule has 5 aromatic rings. The van der Waals surface area contributed by atoms with Gasteiger partial charge in [0.2, 0.25) is 5.91 Å². The Kier molecular flexibility index (Phi) is 10.8. The summed E-state index contributed by atoms with van der Waals surface area (Å²) >= 11 is 12.8. The highest BCUT2D eigenvalue weighted by molar-refractivity contribution is 6.31. The van der Waals surface area contributed by atoms with Crippen molar-refractivity contribution < 1.29 is 9.59 Å². The van der Waals surface area contributed by atoms with Crippen LogP contribution in [0, 0.1) is 5.92 Å². The Morgan fingerprint density at radius 2 is 1.67 bits per heavy atom. The molecule has 10 heteroatoms. The summed E-state index contributed by atoms with van der Waals surface area (Å²) in [7, 11) is 3.59. The fourth-order valence-electron chi connectivity index (χ4n) is 6.90. The van der Waals surface area contributed by atoms with Gasteiger partial charge in [0, 0.05) is 65.8 Å². The van der Waals surface area contributed by atoms with Gasteiger partial charge >= 0.3 is 0 Å². The molecule has 8 nitrogen and oxygen atoms in total. The van der Waals surface area contributed by atoms with Gasteiger partial charge in [0.1, 0.15) is 5.69 Å². The van der Waals surface area contributed by atoms with E-state index < -0.39 is 0 Å². The van der Waals surface area contributed by atoms with Gasteiger partial charge in [-0.05, 0) is 86.0 Å². The molecule has 2 aromatic heterocycles. The Balaban J connectivity index is 1.45. The van der Waals surface area contributed by atoms with E-state index in [2.05, 4.69) is 57.6 Å². The van der Waals surface area contributed by atoms with E-state index in [9.17, 15) is 9.59 Å². The minimum Gasteiger partial charge on any atom is -0.355 e. The van der Waals surface area contributed by atoms with Crippen LogP contribution in [0.1, 0.15) is 59.9 Å². The van der Waals surface area contributed by atoms with Crippen LogP contribution in [0.15, 0.2) is 104 Å². The molecule has 2 N–H and O–H groups in total. The van der Waals surface area contributed by atoms with Gasteiger partial charge in [0.25, 0.3) is 5.91 Å². The van der Waals surface area contributed by atoms with E-state index in [4.69, 9.17) is 23.2 Å². The molecule has 2 amide bonds. The van der Waals surface area contributed by atoms with E-state index in [1.807, 2.05) is 72.8 Å². The monoisotopic (exact) mass is 720 g/mol. The fourth-order valence-corrected chi connectivity index (χ4v) is 7.20. The predicted molar refractivity (Wildman–Crippen MR) is 210 cm³/mol. The lowest BCUT2D eigenvalue weighted by Crippen LogP contribution is -2.40. The number of carbonyl (C=O) groups is 2. The third-order valence-electron chi connectivity index (χ3n) is 9.63. The van der Waals surface area contributed by atoms with Crippen molar-refractivity contribution >= 4 is 68.7 Å². The third-order valence-corrected chi connectivity index (χ3v) is 10.1. The van der Waals surface area contributed by atoms with Crippen molar-refractivity contribution in [2.24, 2.45) is 5.92 Å². The van der Waals surface area contributed by atoms with E-state index in [0.717, 1.165) is 38.9 Å². The lowest BCUT2D eigenvalue weighted by atomic mass is 9.95. The average Bonchev–Trinajstić information content (AvgIpc) is 3.52. The quantitative estimate of drug-likeness (QED) is 0.150. The van der Waals surface area contributed by atoms with E-state index in [-0.39, 0.29) is 23.8 Å². The van der Waals surface area contributed by atoms with Crippen LogP contribution in [0.25, 0.3) is 22.2 Å². The molecular weight excluding hydrogens is 679 g/mol. The molecule has 0 spiro atoms. The maximum Gasteiger partial charge on any atom is 0.272 e. The van der Waals surface area contributed by atoms with E-state index in [1.54, 1.807) is 31.4 Å². The molecule has 51 heavy (non-hydrogen) atoms. The fraction of sp³-hybridized carbons (Fsp3) is 0.244. The minimum absolute atomic E-state index is 0.0279. The topological polar surface area (TPSA) is 84.6 Å². The van der Waals surface area contributed by atoms with Crippen LogP contribution in [0.4, 0.5) is 11.5 Å². The Morgan fingerprint density at radius 3 is 2.33 bits per heavy atom. The Labute approximate surface area is 309 Å². The number of hydrogen-bond donors (Lipinski definition) is 2. The average molecular weight is 722 g/mol. The van der Waals surface area contributed by atoms with Crippen LogP contribution in [-0.2, 0) is 4.79 Å². The van der Waals surface area contributed by atoms with Gasteiger partial charge in [-0.25, -0.2) is 4.98 Å². The molecule has 3 aromatic carbocycles. The van der Waals surface area contributed by atoms with Crippen LogP contribution in [0.5, 0.6) is 0 Å². The normalized spacial score (nSPS) is 14.5. The number of H-pyrrole nitrogens is 1. The summed E-state index contributed by atoms with van der Waals surface area (Å²) in [6.45, 7) is 9.73. The maximum absolute atomic E-state index is 14.6. The number of amides is 2. The second-order valence-electron chi connectivity index (χ2n) is 13.0. The van der Waals surface area contributed by atoms with E-state index in [0.29, 0.717) is 53.2 Å². The molecule has 0 radical (unpaired) electrons. The molecule has 262 valence electrons. The zero-order valence-corrected chi connectivity index (χ0v) is 30.8. The molecule has 1 aliphatic rings. The number of nitrogens with zero attached hydrogens (tertiary/aromatic N) is 4. The van der Waals surface area contributed by atoms with Crippen molar-refractivity contribution in [3.05, 3.63) is 136 Å². The summed E-state index contributed by atoms with van der Waals surface area (Å²) in [6, 6.07) is 27.0. The first kappa shape index (κ1) is 35.8. The molecule has 1 fully saturated rings. The van der Waals surface area contributed by atoms with Crippen molar-refractivity contribution in [2.45, 2.75) is 32.7 Å². The highest BCUT2D eigenvalue weighted by Crippen LogP contribution is 2.41. The van der Waals surface area contributed by atoms with E-state index in [1.165, 1.54) is 0 Å². The number of carbonyl (C=O) groups excluding carboxylic acids is 2. The summed E-state index contributed by atoms with van der Waals surface area (Å²) in [6.07, 6.45) is 4.96. The SMILES string of the molecule is C=CN(/C(=C(\C)c1ccccc1)c1c(C(=O)Nc2cccnc2N2CCC(C(=O)N(C)C)CC2)[nH]c2cc(Cl)ccc12)C(C)c1ccc(Cl)cc1. The largest absolute Gasteiger partial charge is 0.355 e. The first-order valence-electron chi connectivity index (χ1n) is 17.0. The molecule has 0 aliphatic carbocycles. The number of hydrogen-bond acceptors (Lipinski definition) is 5. The number of nitrogens with one attached hydrogen (secondary N) is 2. The van der Waals surface area contributed by atoms with Gasteiger partial charge in [-0.2, -0.15) is 0 Å². The van der Waals surface area contributed by atoms with Gasteiger partial charge in [-0.1, -0.05) is 78.3 Å². The number of aromatic nitrogens is 2. The maximum atomic E-state index is 14.6. The summed E-state index contributed by atoms with van der Waals surface area (Å²) in [4.78, 5) is 41.3. The van der Waals surface area contributed by atoms with Crippen molar-refractivity contribution in [3.63, 3.8) is 0 Å². The summed E-state index contributed by atoms with van der Waals surface area (Å²) in [5, 5.41) is 5.23. The van der Waals surface area contributed by atoms with Gasteiger partial charge in [0.05, 0.1) is 17.4 Å². The first-order chi connectivity index (χ1) is 24.6. The van der Waals surface area contributed by atoms with Crippen molar-refractivity contribution in [1.29, 1.82) is 0 Å². The highest BCUT2D eigenvalue weighted by atomic mass is 35.5. The first-order valence-corrected chi connectivity index (χ1v) is 17.8. The van der Waals surface area contributed by atoms with Crippen molar-refractivity contribution in [2.75, 3.05) is 37.4 Å². The van der Waals surface area contributed by atoms with Crippen LogP contribution < -0.4 is 10.2 Å². The highest BCUT2D eigenvalue weighted by Gasteiger charge is 2.31. The number of allylic oxidation sites excluding steroid dienone is 1. The van der Waals surface area contributed by atoms with Crippen LogP contribution in [0.2, 0.25) is 10.0 Å². The Bertz CT molecular complexity index is 2080. The molecule has 0 saturated carbocycles. The molecular formula is C41H42Cl2N6O2. The molecule has 3 heterocycles. The van der Waals surface area contributed by atoms with Crippen LogP contribution in [-0.4, -0.2) is 58.8 Å². The second-order valence-corrected chi connectivity index (χ2v) is 13.9. The van der Waals surface area contributed by atoms with Gasteiger partial charge < -0.3 is 25.0 Å². The summed E-state index contributed by atoms with van der Waals surface area (Å²) in [5.41, 5.74) is 6.21. The number of rotatable bonds is 10. The van der Waals surface area contributed by atoms with Gasteiger partial charge in [-0.3, -0.25) is 9.59 Å². The molecule has 6 rings (SSSR count). The molecule has 0 bridgehead atoms. The smallest absolute Gasteiger partial charge is 0.272 e. The van der Waals surface area contributed by atoms with Gasteiger partial charge in [0.15, 0.2) is 5.82 Å². The number of piperidine rings is 1.